The quantitative estimate of drug-likeness (QED) is 0.152. The Labute approximate surface area is 328 Å². The van der Waals surface area contributed by atoms with Crippen molar-refractivity contribution >= 4 is 47.0 Å². The van der Waals surface area contributed by atoms with Crippen LogP contribution < -0.4 is 0 Å². The van der Waals surface area contributed by atoms with Gasteiger partial charge in [-0.1, -0.05) is 144 Å². The van der Waals surface area contributed by atoms with Crippen LogP contribution in [-0.2, 0) is 5.41 Å². The first-order valence-corrected chi connectivity index (χ1v) is 21.0. The molecule has 0 unspecified atom stereocenters. The van der Waals surface area contributed by atoms with Crippen molar-refractivity contribution < 1.29 is 0 Å². The van der Waals surface area contributed by atoms with E-state index >= 15 is 0 Å². The van der Waals surface area contributed by atoms with Gasteiger partial charge in [-0.3, -0.25) is 0 Å². The van der Waals surface area contributed by atoms with E-state index in [1.807, 2.05) is 47.0 Å². The van der Waals surface area contributed by atoms with Crippen LogP contribution in [0.4, 0.5) is 0 Å². The van der Waals surface area contributed by atoms with Gasteiger partial charge in [0.1, 0.15) is 0 Å². The molecule has 0 nitrogen and oxygen atoms in total. The molecule has 0 fully saturated rings. The first-order chi connectivity index (χ1) is 26.2. The molecule has 0 atom stereocenters. The van der Waals surface area contributed by atoms with Crippen molar-refractivity contribution in [2.24, 2.45) is 0 Å². The summed E-state index contributed by atoms with van der Waals surface area (Å²) in [6, 6.07) is 71.7. The van der Waals surface area contributed by atoms with Crippen molar-refractivity contribution in [1.29, 1.82) is 0 Å². The van der Waals surface area contributed by atoms with Gasteiger partial charge in [-0.15, -0.1) is 0 Å². The lowest BCUT2D eigenvalue weighted by atomic mass is 9.70. The number of hydrogen-bond donors (Lipinski definition) is 0. The fraction of sp³-hybridized carbons (Fsp3) is 0.0204. The maximum absolute atomic E-state index is 2.49. The topological polar surface area (TPSA) is 0 Å². The highest BCUT2D eigenvalue weighted by Crippen LogP contribution is 2.64. The van der Waals surface area contributed by atoms with Crippen LogP contribution in [-0.4, -0.2) is 0 Å². The second kappa shape index (κ2) is 13.9. The van der Waals surface area contributed by atoms with E-state index in [0.29, 0.717) is 0 Å². The molecule has 2 aliphatic rings. The summed E-state index contributed by atoms with van der Waals surface area (Å²) in [5.74, 6) is 0. The van der Waals surface area contributed by atoms with Gasteiger partial charge >= 0.3 is 0 Å². The summed E-state index contributed by atoms with van der Waals surface area (Å²) in [5.41, 5.74) is 10.2. The Morgan fingerprint density at radius 1 is 0.226 bits per heavy atom. The molecule has 252 valence electrons. The zero-order valence-electron chi connectivity index (χ0n) is 28.6. The molecule has 0 aromatic heterocycles. The Hall–Kier alpha value is -4.84. The van der Waals surface area contributed by atoms with E-state index in [4.69, 9.17) is 0 Å². The van der Waals surface area contributed by atoms with Crippen LogP contribution in [0.15, 0.2) is 233 Å². The smallest absolute Gasteiger partial charge is 0.0727 e. The van der Waals surface area contributed by atoms with E-state index in [1.54, 1.807) is 0 Å². The molecule has 0 saturated heterocycles. The van der Waals surface area contributed by atoms with E-state index in [2.05, 4.69) is 194 Å². The van der Waals surface area contributed by atoms with Crippen molar-refractivity contribution in [2.45, 2.75) is 44.6 Å². The third-order valence-electron chi connectivity index (χ3n) is 10.1. The van der Waals surface area contributed by atoms with Crippen LogP contribution in [0.25, 0.3) is 22.3 Å². The summed E-state index contributed by atoms with van der Waals surface area (Å²) >= 11 is 7.36. The van der Waals surface area contributed by atoms with Crippen LogP contribution in [0.3, 0.4) is 0 Å². The first kappa shape index (κ1) is 32.8. The van der Waals surface area contributed by atoms with E-state index < -0.39 is 5.41 Å². The Morgan fingerprint density at radius 2 is 0.453 bits per heavy atom. The SMILES string of the molecule is c1ccc(Sc2ccc3c(c2)C2(c4cc(Sc5ccccc5)ccc4-3)c3cc(Sc4ccccc4)ccc3-c3ccc(Sc4ccccc4)cc32)cc1. The molecule has 0 saturated carbocycles. The van der Waals surface area contributed by atoms with Gasteiger partial charge in [0.2, 0.25) is 0 Å². The highest BCUT2D eigenvalue weighted by molar-refractivity contribution is 8.00. The van der Waals surface area contributed by atoms with Gasteiger partial charge in [0, 0.05) is 39.2 Å². The molecule has 2 aliphatic carbocycles. The molecule has 0 heterocycles. The fourth-order valence-corrected chi connectivity index (χ4v) is 11.4. The highest BCUT2D eigenvalue weighted by atomic mass is 32.2. The van der Waals surface area contributed by atoms with Gasteiger partial charge < -0.3 is 0 Å². The van der Waals surface area contributed by atoms with Gasteiger partial charge in [-0.25, -0.2) is 0 Å². The number of benzene rings is 8. The number of rotatable bonds is 8. The summed E-state index contributed by atoms with van der Waals surface area (Å²) in [6.07, 6.45) is 0. The Bertz CT molecular complexity index is 2230. The van der Waals surface area contributed by atoms with Gasteiger partial charge in [-0.2, -0.15) is 0 Å². The van der Waals surface area contributed by atoms with Crippen LogP contribution in [0.1, 0.15) is 22.3 Å². The Morgan fingerprint density at radius 3 is 0.679 bits per heavy atom. The second-order valence-electron chi connectivity index (χ2n) is 13.2. The normalized spacial score (nSPS) is 13.0. The van der Waals surface area contributed by atoms with Gasteiger partial charge in [0.05, 0.1) is 5.41 Å². The predicted molar refractivity (Wildman–Crippen MR) is 225 cm³/mol. The Kier molecular flexibility index (Phi) is 8.57. The summed E-state index contributed by atoms with van der Waals surface area (Å²) in [5, 5.41) is 0. The summed E-state index contributed by atoms with van der Waals surface area (Å²) < 4.78 is 0. The third kappa shape index (κ3) is 5.95. The molecule has 0 aliphatic heterocycles. The van der Waals surface area contributed by atoms with Crippen LogP contribution in [0.5, 0.6) is 0 Å². The van der Waals surface area contributed by atoms with Crippen LogP contribution >= 0.6 is 47.0 Å². The maximum atomic E-state index is 2.49. The van der Waals surface area contributed by atoms with Gasteiger partial charge in [0.25, 0.3) is 0 Å². The zero-order chi connectivity index (χ0) is 35.2. The summed E-state index contributed by atoms with van der Waals surface area (Å²) in [4.78, 5) is 9.98. The first-order valence-electron chi connectivity index (χ1n) is 17.7. The largest absolute Gasteiger partial charge is 0.0901 e. The molecule has 0 amide bonds. The molecule has 0 N–H and O–H groups in total. The van der Waals surface area contributed by atoms with E-state index in [0.717, 1.165) is 0 Å². The molecule has 1 spiro atoms. The van der Waals surface area contributed by atoms with Crippen molar-refractivity contribution in [3.05, 3.63) is 216 Å². The van der Waals surface area contributed by atoms with E-state index in [9.17, 15) is 0 Å². The Balaban J connectivity index is 1.23. The molecule has 8 aromatic rings. The van der Waals surface area contributed by atoms with Crippen molar-refractivity contribution in [1.82, 2.24) is 0 Å². The summed E-state index contributed by atoms with van der Waals surface area (Å²) in [7, 11) is 0. The minimum atomic E-state index is -0.490. The average Bonchev–Trinajstić information content (AvgIpc) is 3.65. The molecule has 8 aromatic carbocycles. The van der Waals surface area contributed by atoms with Gasteiger partial charge in [-0.05, 0) is 142 Å². The molecule has 0 radical (unpaired) electrons. The van der Waals surface area contributed by atoms with E-state index in [-0.39, 0.29) is 0 Å². The van der Waals surface area contributed by atoms with E-state index in [1.165, 1.54) is 83.7 Å². The number of fused-ring (bicyclic) bond motifs is 10. The standard InChI is InChI=1S/C49H32S4/c1-5-13-33(14-6-1)50-37-21-25-41-42-26-22-38(51-34-15-7-2-8-16-34)30-46(42)49(45(41)29-37)47-31-39(52-35-17-9-3-10-18-35)23-27-43(47)44-28-24-40(32-48(44)49)53-36-19-11-4-12-20-36/h1-32H. The molecular formula is C49H32S4. The monoisotopic (exact) mass is 748 g/mol. The second-order valence-corrected chi connectivity index (χ2v) is 17.8. The van der Waals surface area contributed by atoms with Crippen LogP contribution in [0.2, 0.25) is 0 Å². The molecular weight excluding hydrogens is 717 g/mol. The predicted octanol–water partition coefficient (Wildman–Crippen LogP) is 14.6. The molecule has 4 heteroatoms. The van der Waals surface area contributed by atoms with Gasteiger partial charge in [0.15, 0.2) is 0 Å². The molecule has 53 heavy (non-hydrogen) atoms. The minimum Gasteiger partial charge on any atom is -0.0901 e. The highest BCUT2D eigenvalue weighted by Gasteiger charge is 2.52. The lowest BCUT2D eigenvalue weighted by Gasteiger charge is -2.31. The maximum Gasteiger partial charge on any atom is 0.0727 e. The number of hydrogen-bond acceptors (Lipinski definition) is 4. The summed E-state index contributed by atoms with van der Waals surface area (Å²) in [6.45, 7) is 0. The third-order valence-corrected chi connectivity index (χ3v) is 14.1. The van der Waals surface area contributed by atoms with Crippen molar-refractivity contribution in [3.8, 4) is 22.3 Å². The average molecular weight is 749 g/mol. The van der Waals surface area contributed by atoms with Crippen LogP contribution in [0, 0.1) is 0 Å². The van der Waals surface area contributed by atoms with Crippen molar-refractivity contribution in [2.75, 3.05) is 0 Å². The van der Waals surface area contributed by atoms with Crippen molar-refractivity contribution in [3.63, 3.8) is 0 Å². The lowest BCUT2D eigenvalue weighted by Crippen LogP contribution is -2.26. The molecule has 10 rings (SSSR count). The zero-order valence-corrected chi connectivity index (χ0v) is 31.9. The molecule has 0 bridgehead atoms. The minimum absolute atomic E-state index is 0.490. The fourth-order valence-electron chi connectivity index (χ4n) is 7.90. The lowest BCUT2D eigenvalue weighted by molar-refractivity contribution is 0.782.